The number of carbonyl (C=O) groups excluding carboxylic acids is 1. The fourth-order valence-electron chi connectivity index (χ4n) is 2.27. The van der Waals surface area contributed by atoms with Gasteiger partial charge in [0.2, 0.25) is 0 Å². The molecule has 3 heteroatoms. The van der Waals surface area contributed by atoms with E-state index in [1.807, 2.05) is 36.4 Å². The molecule has 1 amide bonds. The zero-order valence-corrected chi connectivity index (χ0v) is 15.4. The van der Waals surface area contributed by atoms with Gasteiger partial charge in [-0.15, -0.1) is 0 Å². The molecule has 0 spiro atoms. The van der Waals surface area contributed by atoms with Gasteiger partial charge < -0.3 is 4.90 Å². The maximum Gasteiger partial charge on any atom is 0.250 e. The normalized spacial score (nSPS) is 10.4. The van der Waals surface area contributed by atoms with E-state index >= 15 is 0 Å². The summed E-state index contributed by atoms with van der Waals surface area (Å²) in [4.78, 5) is 14.1. The van der Waals surface area contributed by atoms with Crippen molar-refractivity contribution < 1.29 is 4.79 Å². The Kier molecular flexibility index (Phi) is 7.32. The van der Waals surface area contributed by atoms with Crippen LogP contribution in [0.15, 0.2) is 54.6 Å². The molecule has 0 radical (unpaired) electrons. The summed E-state index contributed by atoms with van der Waals surface area (Å²) in [6.45, 7) is 2.15. The monoisotopic (exact) mass is 351 g/mol. The van der Waals surface area contributed by atoms with Gasteiger partial charge in [-0.3, -0.25) is 4.79 Å². The van der Waals surface area contributed by atoms with E-state index in [4.69, 9.17) is 11.6 Å². The Morgan fingerprint density at radius 3 is 2.60 bits per heavy atom. The number of rotatable bonds is 5. The van der Waals surface area contributed by atoms with Gasteiger partial charge in [-0.25, -0.2) is 0 Å². The fraction of sp³-hybridized carbons (Fsp3) is 0.227. The van der Waals surface area contributed by atoms with Gasteiger partial charge in [0.1, 0.15) is 0 Å². The molecule has 0 heterocycles. The van der Waals surface area contributed by atoms with Crippen LogP contribution in [0.4, 0.5) is 5.69 Å². The Bertz CT molecular complexity index is 797. The summed E-state index contributed by atoms with van der Waals surface area (Å²) in [6, 6.07) is 15.1. The van der Waals surface area contributed by atoms with Crippen molar-refractivity contribution >= 4 is 29.3 Å². The molecule has 0 bridgehead atoms. The third-order valence-electron chi connectivity index (χ3n) is 3.76. The molecule has 0 atom stereocenters. The number of carbonyl (C=O) groups is 1. The number of amides is 1. The van der Waals surface area contributed by atoms with Crippen LogP contribution in [0.25, 0.3) is 6.08 Å². The maximum atomic E-state index is 12.5. The number of likely N-dealkylation sites (N-methyl/N-ethyl adjacent to an activating group) is 1. The zero-order valence-electron chi connectivity index (χ0n) is 14.6. The first-order chi connectivity index (χ1) is 12.1. The second-order valence-electron chi connectivity index (χ2n) is 5.70. The van der Waals surface area contributed by atoms with Crippen LogP contribution in [-0.2, 0) is 4.79 Å². The summed E-state index contributed by atoms with van der Waals surface area (Å²) >= 11 is 5.87. The summed E-state index contributed by atoms with van der Waals surface area (Å²) < 4.78 is 0. The molecule has 0 aliphatic rings. The summed E-state index contributed by atoms with van der Waals surface area (Å²) in [7, 11) is 1.76. The molecule has 0 aliphatic carbocycles. The number of unbranched alkanes of at least 4 members (excludes halogenated alkanes) is 2. The number of nitrogens with zero attached hydrogens (tertiary/aromatic N) is 1. The van der Waals surface area contributed by atoms with Crippen molar-refractivity contribution in [1.29, 1.82) is 0 Å². The Morgan fingerprint density at radius 2 is 1.88 bits per heavy atom. The fourth-order valence-corrected chi connectivity index (χ4v) is 2.39. The van der Waals surface area contributed by atoms with E-state index < -0.39 is 0 Å². The van der Waals surface area contributed by atoms with Crippen LogP contribution in [0, 0.1) is 11.8 Å². The Hall–Kier alpha value is -2.50. The summed E-state index contributed by atoms with van der Waals surface area (Å²) in [5.41, 5.74) is 2.62. The van der Waals surface area contributed by atoms with E-state index in [-0.39, 0.29) is 5.91 Å². The van der Waals surface area contributed by atoms with Crippen molar-refractivity contribution in [3.05, 3.63) is 70.8 Å². The number of hydrogen-bond acceptors (Lipinski definition) is 1. The largest absolute Gasteiger partial charge is 0.311 e. The molecule has 0 saturated heterocycles. The van der Waals surface area contributed by atoms with Gasteiger partial charge in [-0.05, 0) is 42.3 Å². The number of halogens is 1. The molecule has 2 aromatic rings. The van der Waals surface area contributed by atoms with Gasteiger partial charge in [0.15, 0.2) is 0 Å². The van der Waals surface area contributed by atoms with E-state index in [0.717, 1.165) is 36.1 Å². The van der Waals surface area contributed by atoms with Crippen LogP contribution in [0.5, 0.6) is 0 Å². The molecule has 0 aliphatic heterocycles. The van der Waals surface area contributed by atoms with E-state index in [1.165, 1.54) is 0 Å². The zero-order chi connectivity index (χ0) is 18.1. The van der Waals surface area contributed by atoms with Crippen molar-refractivity contribution in [3.8, 4) is 11.8 Å². The Morgan fingerprint density at radius 1 is 1.16 bits per heavy atom. The lowest BCUT2D eigenvalue weighted by Crippen LogP contribution is -2.24. The van der Waals surface area contributed by atoms with Crippen LogP contribution in [0.1, 0.15) is 37.3 Å². The molecule has 0 unspecified atom stereocenters. The molecule has 0 N–H and O–H groups in total. The van der Waals surface area contributed by atoms with Crippen molar-refractivity contribution in [2.24, 2.45) is 0 Å². The van der Waals surface area contributed by atoms with Crippen LogP contribution in [-0.4, -0.2) is 13.0 Å². The highest BCUT2D eigenvalue weighted by Crippen LogP contribution is 2.19. The van der Waals surface area contributed by atoms with Gasteiger partial charge in [0.05, 0.1) is 5.69 Å². The molecule has 2 rings (SSSR count). The van der Waals surface area contributed by atoms with Gasteiger partial charge >= 0.3 is 0 Å². The van der Waals surface area contributed by atoms with Crippen molar-refractivity contribution in [3.63, 3.8) is 0 Å². The van der Waals surface area contributed by atoms with Crippen LogP contribution >= 0.6 is 11.6 Å². The minimum Gasteiger partial charge on any atom is -0.311 e. The Labute approximate surface area is 155 Å². The average molecular weight is 352 g/mol. The Balaban J connectivity index is 2.13. The molecule has 25 heavy (non-hydrogen) atoms. The van der Waals surface area contributed by atoms with Crippen LogP contribution in [0.2, 0.25) is 5.02 Å². The number of hydrogen-bond donors (Lipinski definition) is 0. The highest BCUT2D eigenvalue weighted by Gasteiger charge is 2.10. The summed E-state index contributed by atoms with van der Waals surface area (Å²) in [5.74, 6) is 6.26. The summed E-state index contributed by atoms with van der Waals surface area (Å²) in [5, 5.41) is 0.677. The number of anilines is 1. The van der Waals surface area contributed by atoms with Gasteiger partial charge in [0.25, 0.3) is 5.91 Å². The molecule has 0 saturated carbocycles. The molecule has 2 aromatic carbocycles. The molecular weight excluding hydrogens is 330 g/mol. The number of para-hydroxylation sites is 1. The van der Waals surface area contributed by atoms with E-state index in [9.17, 15) is 4.79 Å². The smallest absolute Gasteiger partial charge is 0.250 e. The second kappa shape index (κ2) is 9.71. The highest BCUT2D eigenvalue weighted by atomic mass is 35.5. The first kappa shape index (κ1) is 18.8. The highest BCUT2D eigenvalue weighted by molar-refractivity contribution is 6.30. The van der Waals surface area contributed by atoms with Crippen LogP contribution in [0.3, 0.4) is 0 Å². The third kappa shape index (κ3) is 5.81. The molecule has 128 valence electrons. The SMILES string of the molecule is CCCCC#Cc1ccccc1N(C)C(=O)/C=C/c1ccc(Cl)cc1. The first-order valence-electron chi connectivity index (χ1n) is 8.41. The topological polar surface area (TPSA) is 20.3 Å². The number of benzene rings is 2. The molecular formula is C22H22ClNO. The predicted molar refractivity (Wildman–Crippen MR) is 107 cm³/mol. The van der Waals surface area contributed by atoms with Gasteiger partial charge in [-0.1, -0.05) is 61.1 Å². The minimum atomic E-state index is -0.0993. The van der Waals surface area contributed by atoms with Crippen LogP contribution < -0.4 is 4.90 Å². The predicted octanol–water partition coefficient (Wildman–Crippen LogP) is 5.56. The van der Waals surface area contributed by atoms with Gasteiger partial charge in [-0.2, -0.15) is 0 Å². The van der Waals surface area contributed by atoms with Gasteiger partial charge in [0, 0.05) is 30.1 Å². The van der Waals surface area contributed by atoms with Crippen molar-refractivity contribution in [1.82, 2.24) is 0 Å². The van der Waals surface area contributed by atoms with Crippen molar-refractivity contribution in [2.45, 2.75) is 26.2 Å². The second-order valence-corrected chi connectivity index (χ2v) is 6.14. The molecule has 2 nitrogen and oxygen atoms in total. The van der Waals surface area contributed by atoms with Crippen molar-refractivity contribution in [2.75, 3.05) is 11.9 Å². The van der Waals surface area contributed by atoms with E-state index in [0.29, 0.717) is 5.02 Å². The maximum absolute atomic E-state index is 12.5. The molecule has 0 aromatic heterocycles. The average Bonchev–Trinajstić information content (AvgIpc) is 2.64. The molecule has 0 fully saturated rings. The lowest BCUT2D eigenvalue weighted by atomic mass is 10.1. The lowest BCUT2D eigenvalue weighted by Gasteiger charge is -2.17. The quantitative estimate of drug-likeness (QED) is 0.392. The summed E-state index contributed by atoms with van der Waals surface area (Å²) in [6.07, 6.45) is 6.44. The third-order valence-corrected chi connectivity index (χ3v) is 4.01. The van der Waals surface area contributed by atoms with E-state index in [2.05, 4.69) is 18.8 Å². The minimum absolute atomic E-state index is 0.0993. The first-order valence-corrected chi connectivity index (χ1v) is 8.79. The standard InChI is InChI=1S/C22H22ClNO/c1-3-4-5-6-9-19-10-7-8-11-21(19)24(2)22(25)17-14-18-12-15-20(23)16-13-18/h7-8,10-17H,3-5H2,1-2H3/b17-14+. The van der Waals surface area contributed by atoms with E-state index in [1.54, 1.807) is 36.2 Å². The lowest BCUT2D eigenvalue weighted by molar-refractivity contribution is -0.113.